The van der Waals surface area contributed by atoms with Crippen molar-refractivity contribution in [1.29, 1.82) is 0 Å². The molecule has 0 fully saturated rings. The molecular formula is C23H22N2O4S. The predicted octanol–water partition coefficient (Wildman–Crippen LogP) is 4.36. The molecule has 3 rings (SSSR count). The molecule has 3 aromatic rings. The summed E-state index contributed by atoms with van der Waals surface area (Å²) in [5.41, 5.74) is 1.86. The molecule has 0 heterocycles. The van der Waals surface area contributed by atoms with E-state index in [1.807, 2.05) is 0 Å². The smallest absolute Gasteiger partial charge is 0.264 e. The molecule has 0 aromatic heterocycles. The second kappa shape index (κ2) is 8.92. The van der Waals surface area contributed by atoms with Crippen molar-refractivity contribution in [2.75, 3.05) is 16.2 Å². The van der Waals surface area contributed by atoms with E-state index < -0.39 is 10.0 Å². The molecule has 0 aliphatic rings. The van der Waals surface area contributed by atoms with E-state index in [1.165, 1.54) is 11.2 Å². The number of hydrogen-bond donors (Lipinski definition) is 1. The normalized spacial score (nSPS) is 11.0. The molecule has 1 amide bonds. The summed E-state index contributed by atoms with van der Waals surface area (Å²) in [6, 6.07) is 21.2. The van der Waals surface area contributed by atoms with Gasteiger partial charge in [-0.3, -0.25) is 13.9 Å². The van der Waals surface area contributed by atoms with E-state index >= 15 is 0 Å². The minimum atomic E-state index is -3.70. The van der Waals surface area contributed by atoms with E-state index in [2.05, 4.69) is 5.32 Å². The van der Waals surface area contributed by atoms with Gasteiger partial charge in [-0.15, -0.1) is 0 Å². The van der Waals surface area contributed by atoms with Crippen molar-refractivity contribution in [1.82, 2.24) is 0 Å². The summed E-state index contributed by atoms with van der Waals surface area (Å²) >= 11 is 0. The number of rotatable bonds is 7. The Balaban J connectivity index is 1.80. The largest absolute Gasteiger partial charge is 0.322 e. The van der Waals surface area contributed by atoms with E-state index in [1.54, 1.807) is 85.8 Å². The number of carbonyl (C=O) groups is 2. The quantitative estimate of drug-likeness (QED) is 0.574. The molecule has 0 aliphatic carbocycles. The van der Waals surface area contributed by atoms with Crippen LogP contribution >= 0.6 is 0 Å². The average Bonchev–Trinajstić information content (AvgIpc) is 2.75. The first-order valence-electron chi connectivity index (χ1n) is 9.43. The number of nitrogens with one attached hydrogen (secondary N) is 1. The molecule has 0 spiro atoms. The lowest BCUT2D eigenvalue weighted by Gasteiger charge is -2.23. The van der Waals surface area contributed by atoms with Crippen LogP contribution in [-0.2, 0) is 10.0 Å². The van der Waals surface area contributed by atoms with Crippen LogP contribution in [0.1, 0.15) is 34.6 Å². The minimum Gasteiger partial charge on any atom is -0.322 e. The topological polar surface area (TPSA) is 83.6 Å². The van der Waals surface area contributed by atoms with Crippen molar-refractivity contribution in [2.45, 2.75) is 18.7 Å². The number of carbonyl (C=O) groups excluding carboxylic acids is 2. The van der Waals surface area contributed by atoms with Gasteiger partial charge in [-0.2, -0.15) is 0 Å². The highest BCUT2D eigenvalue weighted by atomic mass is 32.2. The minimum absolute atomic E-state index is 0.0882. The number of nitrogens with zero attached hydrogens (tertiary/aromatic N) is 1. The summed E-state index contributed by atoms with van der Waals surface area (Å²) < 4.78 is 27.2. The fourth-order valence-electron chi connectivity index (χ4n) is 3.01. The Bertz CT molecular complexity index is 1160. The van der Waals surface area contributed by atoms with Crippen LogP contribution in [0.5, 0.6) is 0 Å². The maximum absolute atomic E-state index is 12.9. The lowest BCUT2D eigenvalue weighted by Crippen LogP contribution is -2.30. The van der Waals surface area contributed by atoms with Crippen LogP contribution in [0.4, 0.5) is 11.4 Å². The number of anilines is 2. The lowest BCUT2D eigenvalue weighted by atomic mass is 10.1. The van der Waals surface area contributed by atoms with Gasteiger partial charge in [0.25, 0.3) is 15.9 Å². The maximum Gasteiger partial charge on any atom is 0.264 e. The highest BCUT2D eigenvalue weighted by Crippen LogP contribution is 2.24. The third-order valence-electron chi connectivity index (χ3n) is 4.56. The number of sulfonamides is 1. The third-order valence-corrected chi connectivity index (χ3v) is 6.48. The van der Waals surface area contributed by atoms with E-state index in [4.69, 9.17) is 0 Å². The summed E-state index contributed by atoms with van der Waals surface area (Å²) in [6.07, 6.45) is 0. The number of ketones is 1. The number of Topliss-reactive ketones (excluding diaryl/α,β-unsaturated/α-hetero) is 1. The summed E-state index contributed by atoms with van der Waals surface area (Å²) in [4.78, 5) is 24.2. The van der Waals surface area contributed by atoms with Crippen molar-refractivity contribution in [3.8, 4) is 0 Å². The van der Waals surface area contributed by atoms with Crippen LogP contribution < -0.4 is 9.62 Å². The first-order valence-corrected chi connectivity index (χ1v) is 10.9. The van der Waals surface area contributed by atoms with Gasteiger partial charge in [0, 0.05) is 23.4 Å². The summed E-state index contributed by atoms with van der Waals surface area (Å²) in [5, 5.41) is 2.75. The van der Waals surface area contributed by atoms with Crippen molar-refractivity contribution >= 4 is 33.1 Å². The Labute approximate surface area is 176 Å². The van der Waals surface area contributed by atoms with Gasteiger partial charge in [-0.25, -0.2) is 8.42 Å². The highest BCUT2D eigenvalue weighted by molar-refractivity contribution is 7.92. The molecule has 0 aliphatic heterocycles. The SMILES string of the molecule is CCN(c1ccc(C(=O)Nc2cccc(C(C)=O)c2)cc1)S(=O)(=O)c1ccccc1. The summed E-state index contributed by atoms with van der Waals surface area (Å²) in [5.74, 6) is -0.439. The number of benzene rings is 3. The van der Waals surface area contributed by atoms with Crippen LogP contribution in [0.2, 0.25) is 0 Å². The molecule has 3 aromatic carbocycles. The molecule has 30 heavy (non-hydrogen) atoms. The van der Waals surface area contributed by atoms with E-state index in [9.17, 15) is 18.0 Å². The van der Waals surface area contributed by atoms with Crippen LogP contribution in [0.25, 0.3) is 0 Å². The van der Waals surface area contributed by atoms with Gasteiger partial charge in [0.15, 0.2) is 5.78 Å². The van der Waals surface area contributed by atoms with Gasteiger partial charge >= 0.3 is 0 Å². The molecule has 0 saturated carbocycles. The molecule has 6 nitrogen and oxygen atoms in total. The second-order valence-corrected chi connectivity index (χ2v) is 8.48. The molecule has 0 atom stereocenters. The zero-order valence-electron chi connectivity index (χ0n) is 16.7. The lowest BCUT2D eigenvalue weighted by molar-refractivity contribution is 0.101. The van der Waals surface area contributed by atoms with Crippen LogP contribution in [-0.4, -0.2) is 26.7 Å². The Morgan fingerprint density at radius 3 is 2.13 bits per heavy atom. The Hall–Kier alpha value is -3.45. The second-order valence-electron chi connectivity index (χ2n) is 6.62. The van der Waals surface area contributed by atoms with E-state index in [-0.39, 0.29) is 23.1 Å². The van der Waals surface area contributed by atoms with Crippen LogP contribution in [0.15, 0.2) is 83.8 Å². The van der Waals surface area contributed by atoms with Gasteiger partial charge in [0.2, 0.25) is 0 Å². The van der Waals surface area contributed by atoms with E-state index in [0.29, 0.717) is 22.5 Å². The van der Waals surface area contributed by atoms with Gasteiger partial charge in [-0.1, -0.05) is 30.3 Å². The highest BCUT2D eigenvalue weighted by Gasteiger charge is 2.23. The fraction of sp³-hybridized carbons (Fsp3) is 0.130. The molecule has 0 radical (unpaired) electrons. The molecule has 7 heteroatoms. The van der Waals surface area contributed by atoms with Crippen molar-refractivity contribution in [3.05, 3.63) is 90.0 Å². The number of hydrogen-bond acceptors (Lipinski definition) is 4. The van der Waals surface area contributed by atoms with Crippen molar-refractivity contribution < 1.29 is 18.0 Å². The van der Waals surface area contributed by atoms with Gasteiger partial charge in [0.05, 0.1) is 10.6 Å². The maximum atomic E-state index is 12.9. The van der Waals surface area contributed by atoms with Gasteiger partial charge in [0.1, 0.15) is 0 Å². The molecule has 0 bridgehead atoms. The van der Waals surface area contributed by atoms with Gasteiger partial charge in [-0.05, 0) is 62.4 Å². The molecule has 0 saturated heterocycles. The number of amides is 1. The molecular weight excluding hydrogens is 400 g/mol. The van der Waals surface area contributed by atoms with Crippen LogP contribution in [0.3, 0.4) is 0 Å². The first-order chi connectivity index (χ1) is 14.3. The Morgan fingerprint density at radius 1 is 0.867 bits per heavy atom. The monoisotopic (exact) mass is 422 g/mol. The Morgan fingerprint density at radius 2 is 1.53 bits per heavy atom. The Kier molecular flexibility index (Phi) is 6.32. The molecule has 0 unspecified atom stereocenters. The van der Waals surface area contributed by atoms with Gasteiger partial charge < -0.3 is 5.32 Å². The third kappa shape index (κ3) is 4.58. The fourth-order valence-corrected chi connectivity index (χ4v) is 4.50. The zero-order valence-corrected chi connectivity index (χ0v) is 17.5. The predicted molar refractivity (Wildman–Crippen MR) is 117 cm³/mol. The summed E-state index contributed by atoms with van der Waals surface area (Å²) in [6.45, 7) is 3.46. The van der Waals surface area contributed by atoms with Crippen LogP contribution in [0, 0.1) is 0 Å². The van der Waals surface area contributed by atoms with Crippen molar-refractivity contribution in [2.24, 2.45) is 0 Å². The molecule has 154 valence electrons. The summed E-state index contributed by atoms with van der Waals surface area (Å²) in [7, 11) is -3.70. The first kappa shape index (κ1) is 21.3. The average molecular weight is 423 g/mol. The standard InChI is InChI=1S/C23H22N2O4S/c1-3-25(30(28,29)22-10-5-4-6-11-22)21-14-12-18(13-15-21)23(27)24-20-9-7-8-19(16-20)17(2)26/h4-16H,3H2,1-2H3,(H,24,27). The molecule has 1 N–H and O–H groups in total. The van der Waals surface area contributed by atoms with E-state index in [0.717, 1.165) is 0 Å². The van der Waals surface area contributed by atoms with Crippen molar-refractivity contribution in [3.63, 3.8) is 0 Å². The zero-order chi connectivity index (χ0) is 21.7.